The van der Waals surface area contributed by atoms with E-state index in [2.05, 4.69) is 25.3 Å². The van der Waals surface area contributed by atoms with E-state index < -0.39 is 0 Å². The summed E-state index contributed by atoms with van der Waals surface area (Å²) >= 11 is 1.46. The summed E-state index contributed by atoms with van der Waals surface area (Å²) < 4.78 is 12.6. The molecule has 4 aromatic rings. The largest absolute Gasteiger partial charge is 0.497 e. The quantitative estimate of drug-likeness (QED) is 0.562. The number of hydrogen-bond acceptors (Lipinski definition) is 7. The van der Waals surface area contributed by atoms with Gasteiger partial charge in [-0.2, -0.15) is 9.61 Å². The fraction of sp³-hybridized carbons (Fsp3) is 0.143. The Morgan fingerprint density at radius 3 is 2.96 bits per heavy atom. The Hall–Kier alpha value is -2.81. The lowest BCUT2D eigenvalue weighted by Crippen LogP contribution is -1.88. The zero-order valence-corrected chi connectivity index (χ0v) is 12.9. The lowest BCUT2D eigenvalue weighted by atomic mass is 10.2. The average Bonchev–Trinajstić information content (AvgIpc) is 3.30. The van der Waals surface area contributed by atoms with Crippen molar-refractivity contribution in [1.82, 2.24) is 29.8 Å². The molecule has 0 saturated heterocycles. The van der Waals surface area contributed by atoms with E-state index in [0.29, 0.717) is 22.6 Å². The molecule has 23 heavy (non-hydrogen) atoms. The van der Waals surface area contributed by atoms with Gasteiger partial charge in [-0.05, 0) is 24.3 Å². The van der Waals surface area contributed by atoms with E-state index in [1.165, 1.54) is 11.8 Å². The molecule has 1 aromatic carbocycles. The van der Waals surface area contributed by atoms with Gasteiger partial charge in [0.2, 0.25) is 11.0 Å². The van der Waals surface area contributed by atoms with Gasteiger partial charge in [-0.25, -0.2) is 4.98 Å². The van der Waals surface area contributed by atoms with Crippen LogP contribution in [0.5, 0.6) is 5.75 Å². The van der Waals surface area contributed by atoms with Crippen LogP contribution in [0, 0.1) is 0 Å². The summed E-state index contributed by atoms with van der Waals surface area (Å²) in [5.41, 5.74) is 0.951. The first-order valence-corrected chi connectivity index (χ1v) is 7.79. The van der Waals surface area contributed by atoms with Crippen molar-refractivity contribution in [2.24, 2.45) is 0 Å². The fourth-order valence-electron chi connectivity index (χ4n) is 2.09. The SMILES string of the molecule is COc1ccc(-c2cnc(CSc3nnc4[nH]cnn34)o2)cc1. The Bertz CT molecular complexity index is 926. The number of oxazole rings is 1. The number of aromatic nitrogens is 6. The highest BCUT2D eigenvalue weighted by atomic mass is 32.2. The van der Waals surface area contributed by atoms with Gasteiger partial charge in [0.15, 0.2) is 5.76 Å². The van der Waals surface area contributed by atoms with Crippen molar-refractivity contribution in [3.8, 4) is 17.1 Å². The molecule has 1 N–H and O–H groups in total. The van der Waals surface area contributed by atoms with Gasteiger partial charge in [0.1, 0.15) is 12.1 Å². The predicted octanol–water partition coefficient (Wildman–Crippen LogP) is 2.41. The van der Waals surface area contributed by atoms with E-state index in [4.69, 9.17) is 9.15 Å². The molecule has 0 aliphatic heterocycles. The normalized spacial score (nSPS) is 11.2. The van der Waals surface area contributed by atoms with Crippen molar-refractivity contribution in [3.63, 3.8) is 0 Å². The number of fused-ring (bicyclic) bond motifs is 1. The molecule has 9 heteroatoms. The summed E-state index contributed by atoms with van der Waals surface area (Å²) in [6.45, 7) is 0. The number of methoxy groups -OCH3 is 1. The molecule has 0 bridgehead atoms. The lowest BCUT2D eigenvalue weighted by molar-refractivity contribution is 0.415. The van der Waals surface area contributed by atoms with E-state index in [1.807, 2.05) is 24.3 Å². The van der Waals surface area contributed by atoms with Crippen LogP contribution in [0.2, 0.25) is 0 Å². The Labute approximate surface area is 134 Å². The van der Waals surface area contributed by atoms with E-state index in [0.717, 1.165) is 17.1 Å². The highest BCUT2D eigenvalue weighted by Crippen LogP contribution is 2.26. The van der Waals surface area contributed by atoms with Crippen molar-refractivity contribution in [1.29, 1.82) is 0 Å². The highest BCUT2D eigenvalue weighted by Gasteiger charge is 2.11. The summed E-state index contributed by atoms with van der Waals surface area (Å²) in [5.74, 6) is 3.30. The van der Waals surface area contributed by atoms with Crippen molar-refractivity contribution >= 4 is 17.5 Å². The second-order valence-electron chi connectivity index (χ2n) is 4.64. The second kappa shape index (κ2) is 5.76. The monoisotopic (exact) mass is 328 g/mol. The maximum absolute atomic E-state index is 5.78. The van der Waals surface area contributed by atoms with E-state index in [9.17, 15) is 0 Å². The van der Waals surface area contributed by atoms with Gasteiger partial charge in [-0.1, -0.05) is 11.8 Å². The topological polar surface area (TPSA) is 94.1 Å². The third kappa shape index (κ3) is 2.66. The number of thioether (sulfide) groups is 1. The molecule has 0 fully saturated rings. The van der Waals surface area contributed by atoms with Crippen molar-refractivity contribution < 1.29 is 9.15 Å². The molecule has 0 spiro atoms. The van der Waals surface area contributed by atoms with Gasteiger partial charge in [-0.3, -0.25) is 0 Å². The Kier molecular flexibility index (Phi) is 3.46. The van der Waals surface area contributed by atoms with Crippen LogP contribution in [0.3, 0.4) is 0 Å². The van der Waals surface area contributed by atoms with Gasteiger partial charge in [0.25, 0.3) is 5.78 Å². The molecule has 116 valence electrons. The smallest absolute Gasteiger partial charge is 0.251 e. The first kappa shape index (κ1) is 13.8. The van der Waals surface area contributed by atoms with Crippen LogP contribution < -0.4 is 4.74 Å². The molecule has 0 aliphatic carbocycles. The van der Waals surface area contributed by atoms with Crippen LogP contribution in [0.1, 0.15) is 5.89 Å². The van der Waals surface area contributed by atoms with E-state index in [1.54, 1.807) is 24.1 Å². The molecule has 0 aliphatic rings. The zero-order chi connectivity index (χ0) is 15.6. The molecule has 0 amide bonds. The number of ether oxygens (including phenoxy) is 1. The molecule has 0 saturated carbocycles. The molecular weight excluding hydrogens is 316 g/mol. The maximum Gasteiger partial charge on any atom is 0.251 e. The Morgan fingerprint density at radius 2 is 2.13 bits per heavy atom. The summed E-state index contributed by atoms with van der Waals surface area (Å²) in [6.07, 6.45) is 3.28. The van der Waals surface area contributed by atoms with Crippen molar-refractivity contribution in [2.45, 2.75) is 10.9 Å². The maximum atomic E-state index is 5.78. The van der Waals surface area contributed by atoms with Crippen LogP contribution in [0.4, 0.5) is 0 Å². The third-order valence-electron chi connectivity index (χ3n) is 3.23. The third-order valence-corrected chi connectivity index (χ3v) is 4.14. The number of aromatic amines is 1. The van der Waals surface area contributed by atoms with Crippen LogP contribution in [-0.2, 0) is 5.75 Å². The lowest BCUT2D eigenvalue weighted by Gasteiger charge is -2.00. The molecule has 4 rings (SSSR count). The molecule has 0 atom stereocenters. The number of benzene rings is 1. The standard InChI is InChI=1S/C14H12N6O2S/c1-21-10-4-2-9(3-5-10)11-6-15-12(22-11)7-23-14-19-18-13-16-8-17-20(13)14/h2-6,8H,7H2,1H3,(H,16,17,18). The van der Waals surface area contributed by atoms with Gasteiger partial charge >= 0.3 is 0 Å². The van der Waals surface area contributed by atoms with Gasteiger partial charge in [-0.15, -0.1) is 10.2 Å². The van der Waals surface area contributed by atoms with Crippen molar-refractivity contribution in [2.75, 3.05) is 7.11 Å². The number of rotatable bonds is 5. The van der Waals surface area contributed by atoms with Crippen LogP contribution in [0.15, 0.2) is 46.4 Å². The number of nitrogens with zero attached hydrogens (tertiary/aromatic N) is 5. The summed E-state index contributed by atoms with van der Waals surface area (Å²) in [7, 11) is 1.64. The van der Waals surface area contributed by atoms with Crippen LogP contribution >= 0.6 is 11.8 Å². The Balaban J connectivity index is 1.48. The summed E-state index contributed by atoms with van der Waals surface area (Å²) in [6, 6.07) is 7.64. The summed E-state index contributed by atoms with van der Waals surface area (Å²) in [5, 5.41) is 12.8. The highest BCUT2D eigenvalue weighted by molar-refractivity contribution is 7.98. The summed E-state index contributed by atoms with van der Waals surface area (Å²) in [4.78, 5) is 7.19. The number of hydrogen-bond donors (Lipinski definition) is 1. The molecule has 8 nitrogen and oxygen atoms in total. The second-order valence-corrected chi connectivity index (χ2v) is 5.58. The molecule has 0 radical (unpaired) electrons. The molecule has 3 heterocycles. The van der Waals surface area contributed by atoms with Gasteiger partial charge in [0, 0.05) is 5.56 Å². The number of H-pyrrole nitrogens is 1. The fourth-order valence-corrected chi connectivity index (χ4v) is 2.83. The van der Waals surface area contributed by atoms with Crippen molar-refractivity contribution in [3.05, 3.63) is 42.7 Å². The van der Waals surface area contributed by atoms with E-state index in [-0.39, 0.29) is 0 Å². The number of nitrogens with one attached hydrogen (secondary N) is 1. The first-order valence-electron chi connectivity index (χ1n) is 6.80. The first-order chi connectivity index (χ1) is 11.3. The minimum Gasteiger partial charge on any atom is -0.497 e. The van der Waals surface area contributed by atoms with Crippen LogP contribution in [0.25, 0.3) is 17.1 Å². The van der Waals surface area contributed by atoms with Crippen LogP contribution in [-0.4, -0.2) is 36.9 Å². The van der Waals surface area contributed by atoms with E-state index >= 15 is 0 Å². The molecular formula is C14H12N6O2S. The van der Waals surface area contributed by atoms with Gasteiger partial charge < -0.3 is 14.1 Å². The predicted molar refractivity (Wildman–Crippen MR) is 83.2 cm³/mol. The molecule has 3 aromatic heterocycles. The molecule has 0 unspecified atom stereocenters. The minimum absolute atomic E-state index is 0.545. The Morgan fingerprint density at radius 1 is 1.26 bits per heavy atom. The zero-order valence-electron chi connectivity index (χ0n) is 12.1. The van der Waals surface area contributed by atoms with Gasteiger partial charge in [0.05, 0.1) is 19.1 Å². The minimum atomic E-state index is 0.545. The average molecular weight is 328 g/mol.